The number of aryl methyl sites for hydroxylation is 1. The number of nitrogen functional groups attached to an aromatic ring is 1. The third-order valence-corrected chi connectivity index (χ3v) is 3.13. The van der Waals surface area contributed by atoms with Crippen molar-refractivity contribution in [3.05, 3.63) is 36.0 Å². The molecule has 1 aromatic carbocycles. The van der Waals surface area contributed by atoms with Crippen molar-refractivity contribution in [2.75, 3.05) is 24.5 Å². The number of hydrogen-bond acceptors (Lipinski definition) is 5. The lowest BCUT2D eigenvalue weighted by Crippen LogP contribution is -2.12. The van der Waals surface area contributed by atoms with Crippen LogP contribution in [0.5, 0.6) is 11.5 Å². The van der Waals surface area contributed by atoms with Crippen molar-refractivity contribution >= 4 is 17.2 Å². The van der Waals surface area contributed by atoms with Gasteiger partial charge in [0.25, 0.3) is 0 Å². The highest BCUT2D eigenvalue weighted by Crippen LogP contribution is 2.37. The molecule has 19 heavy (non-hydrogen) atoms. The van der Waals surface area contributed by atoms with Crippen LogP contribution in [0.2, 0.25) is 0 Å². The Bertz CT molecular complexity index is 628. The summed E-state index contributed by atoms with van der Waals surface area (Å²) < 4.78 is 10.7. The number of nitrogens with zero attached hydrogens (tertiary/aromatic N) is 2. The third-order valence-electron chi connectivity index (χ3n) is 3.13. The van der Waals surface area contributed by atoms with Gasteiger partial charge in [-0.05, 0) is 30.7 Å². The molecule has 0 atom stereocenters. The maximum absolute atomic E-state index is 5.72. The Morgan fingerprint density at radius 2 is 2.00 bits per heavy atom. The van der Waals surface area contributed by atoms with Gasteiger partial charge in [-0.15, -0.1) is 0 Å². The molecule has 0 aliphatic carbocycles. The van der Waals surface area contributed by atoms with Gasteiger partial charge in [-0.1, -0.05) is 0 Å². The van der Waals surface area contributed by atoms with E-state index in [1.54, 1.807) is 6.20 Å². The molecule has 2 N–H and O–H groups in total. The maximum Gasteiger partial charge on any atom is 0.231 e. The predicted molar refractivity (Wildman–Crippen MR) is 74.0 cm³/mol. The summed E-state index contributed by atoms with van der Waals surface area (Å²) in [6.07, 6.45) is 1.66. The molecular formula is C14H15N3O2. The van der Waals surface area contributed by atoms with Gasteiger partial charge in [0.1, 0.15) is 5.82 Å². The van der Waals surface area contributed by atoms with E-state index in [1.807, 2.05) is 43.1 Å². The molecule has 2 aromatic rings. The number of ether oxygens (including phenoxy) is 2. The Morgan fingerprint density at radius 1 is 1.21 bits per heavy atom. The molecule has 3 rings (SSSR count). The lowest BCUT2D eigenvalue weighted by molar-refractivity contribution is 0.174. The van der Waals surface area contributed by atoms with E-state index in [4.69, 9.17) is 15.2 Å². The molecule has 0 radical (unpaired) electrons. The largest absolute Gasteiger partial charge is 0.454 e. The fraction of sp³-hybridized carbons (Fsp3) is 0.214. The van der Waals surface area contributed by atoms with Crippen LogP contribution in [-0.4, -0.2) is 18.8 Å². The minimum Gasteiger partial charge on any atom is -0.454 e. The van der Waals surface area contributed by atoms with Gasteiger partial charge in [0, 0.05) is 18.8 Å². The first-order chi connectivity index (χ1) is 9.15. The van der Waals surface area contributed by atoms with Crippen molar-refractivity contribution in [2.45, 2.75) is 6.92 Å². The van der Waals surface area contributed by atoms with Crippen molar-refractivity contribution < 1.29 is 9.47 Å². The highest BCUT2D eigenvalue weighted by molar-refractivity contribution is 5.66. The zero-order valence-corrected chi connectivity index (χ0v) is 10.9. The molecule has 0 unspecified atom stereocenters. The van der Waals surface area contributed by atoms with Crippen LogP contribution in [0.1, 0.15) is 5.56 Å². The Labute approximate surface area is 111 Å². The molecular weight excluding hydrogens is 242 g/mol. The number of fused-ring (bicyclic) bond motifs is 1. The number of nitrogens with two attached hydrogens (primary N) is 1. The number of hydrogen-bond donors (Lipinski definition) is 1. The molecule has 0 bridgehead atoms. The monoisotopic (exact) mass is 257 g/mol. The van der Waals surface area contributed by atoms with E-state index in [0.717, 1.165) is 28.6 Å². The van der Waals surface area contributed by atoms with Crippen LogP contribution < -0.4 is 20.1 Å². The summed E-state index contributed by atoms with van der Waals surface area (Å²) in [5, 5.41) is 0. The van der Waals surface area contributed by atoms with E-state index in [9.17, 15) is 0 Å². The normalized spacial score (nSPS) is 12.5. The SMILES string of the molecule is Cc1cc(N)cnc1N(C)c1ccc2c(c1)OCO2. The van der Waals surface area contributed by atoms with Gasteiger partial charge in [-0.25, -0.2) is 4.98 Å². The Balaban J connectivity index is 1.97. The van der Waals surface area contributed by atoms with Crippen LogP contribution in [0, 0.1) is 6.92 Å². The summed E-state index contributed by atoms with van der Waals surface area (Å²) >= 11 is 0. The second kappa shape index (κ2) is 4.35. The Kier molecular flexibility index (Phi) is 2.67. The molecule has 5 nitrogen and oxygen atoms in total. The fourth-order valence-electron chi connectivity index (χ4n) is 2.16. The van der Waals surface area contributed by atoms with Gasteiger partial charge in [0.05, 0.1) is 11.9 Å². The first kappa shape index (κ1) is 11.6. The number of pyridine rings is 1. The highest BCUT2D eigenvalue weighted by Gasteiger charge is 2.16. The lowest BCUT2D eigenvalue weighted by atomic mass is 10.2. The van der Waals surface area contributed by atoms with Crippen LogP contribution in [0.3, 0.4) is 0 Å². The van der Waals surface area contributed by atoms with Crippen LogP contribution >= 0.6 is 0 Å². The summed E-state index contributed by atoms with van der Waals surface area (Å²) in [5.41, 5.74) is 8.41. The van der Waals surface area contributed by atoms with Gasteiger partial charge >= 0.3 is 0 Å². The van der Waals surface area contributed by atoms with E-state index in [2.05, 4.69) is 4.98 Å². The van der Waals surface area contributed by atoms with Gasteiger partial charge in [0.15, 0.2) is 11.5 Å². The summed E-state index contributed by atoms with van der Waals surface area (Å²) in [7, 11) is 1.96. The minimum atomic E-state index is 0.279. The van der Waals surface area contributed by atoms with E-state index in [-0.39, 0.29) is 6.79 Å². The second-order valence-corrected chi connectivity index (χ2v) is 4.51. The molecule has 0 saturated heterocycles. The summed E-state index contributed by atoms with van der Waals surface area (Å²) in [4.78, 5) is 6.37. The number of rotatable bonds is 2. The van der Waals surface area contributed by atoms with Crippen molar-refractivity contribution in [3.63, 3.8) is 0 Å². The van der Waals surface area contributed by atoms with Crippen molar-refractivity contribution in [1.82, 2.24) is 4.98 Å². The zero-order chi connectivity index (χ0) is 13.4. The Morgan fingerprint density at radius 3 is 2.79 bits per heavy atom. The molecule has 1 aliphatic rings. The standard InChI is InChI=1S/C14H15N3O2/c1-9-5-10(15)7-16-14(9)17(2)11-3-4-12-13(6-11)19-8-18-12/h3-7H,8,15H2,1-2H3. The number of aromatic nitrogens is 1. The predicted octanol–water partition coefficient (Wildman–Crippen LogP) is 2.47. The molecule has 1 aromatic heterocycles. The van der Waals surface area contributed by atoms with Gasteiger partial charge in [0.2, 0.25) is 6.79 Å². The molecule has 0 amide bonds. The molecule has 5 heteroatoms. The topological polar surface area (TPSA) is 60.6 Å². The van der Waals surface area contributed by atoms with Crippen LogP contribution in [0.4, 0.5) is 17.2 Å². The second-order valence-electron chi connectivity index (χ2n) is 4.51. The van der Waals surface area contributed by atoms with E-state index in [0.29, 0.717) is 5.69 Å². The van der Waals surface area contributed by atoms with E-state index >= 15 is 0 Å². The summed E-state index contributed by atoms with van der Waals surface area (Å²) in [6, 6.07) is 7.73. The quantitative estimate of drug-likeness (QED) is 0.895. The molecule has 98 valence electrons. The van der Waals surface area contributed by atoms with Crippen LogP contribution in [0.25, 0.3) is 0 Å². The first-order valence-electron chi connectivity index (χ1n) is 6.00. The van der Waals surface area contributed by atoms with E-state index < -0.39 is 0 Å². The summed E-state index contributed by atoms with van der Waals surface area (Å²) in [6.45, 7) is 2.27. The fourth-order valence-corrected chi connectivity index (χ4v) is 2.16. The molecule has 0 spiro atoms. The van der Waals surface area contributed by atoms with E-state index in [1.165, 1.54) is 0 Å². The average Bonchev–Trinajstić information content (AvgIpc) is 2.85. The molecule has 0 fully saturated rings. The van der Waals surface area contributed by atoms with Gasteiger partial charge in [-0.2, -0.15) is 0 Å². The molecule has 0 saturated carbocycles. The first-order valence-corrected chi connectivity index (χ1v) is 6.00. The Hall–Kier alpha value is -2.43. The third kappa shape index (κ3) is 2.03. The van der Waals surface area contributed by atoms with Crippen LogP contribution in [0.15, 0.2) is 30.5 Å². The van der Waals surface area contributed by atoms with Crippen molar-refractivity contribution in [1.29, 1.82) is 0 Å². The molecule has 1 aliphatic heterocycles. The van der Waals surface area contributed by atoms with Crippen molar-refractivity contribution in [3.8, 4) is 11.5 Å². The lowest BCUT2D eigenvalue weighted by Gasteiger charge is -2.20. The van der Waals surface area contributed by atoms with Gasteiger partial charge < -0.3 is 20.1 Å². The average molecular weight is 257 g/mol. The summed E-state index contributed by atoms with van der Waals surface area (Å²) in [5.74, 6) is 2.41. The van der Waals surface area contributed by atoms with Crippen LogP contribution in [-0.2, 0) is 0 Å². The molecule has 2 heterocycles. The van der Waals surface area contributed by atoms with Gasteiger partial charge in [-0.3, -0.25) is 0 Å². The number of benzene rings is 1. The number of anilines is 3. The minimum absolute atomic E-state index is 0.279. The zero-order valence-electron chi connectivity index (χ0n) is 10.9. The van der Waals surface area contributed by atoms with Crippen molar-refractivity contribution in [2.24, 2.45) is 0 Å². The highest BCUT2D eigenvalue weighted by atomic mass is 16.7. The maximum atomic E-state index is 5.72. The smallest absolute Gasteiger partial charge is 0.231 e.